The lowest BCUT2D eigenvalue weighted by molar-refractivity contribution is 0.686. The number of nitrogens with two attached hydrogens (primary N) is 1. The number of thiol groups is 1. The molecule has 0 saturated heterocycles. The summed E-state index contributed by atoms with van der Waals surface area (Å²) in [6, 6.07) is 8.08. The Morgan fingerprint density at radius 1 is 1.45 bits per heavy atom. The molecule has 0 fully saturated rings. The van der Waals surface area contributed by atoms with Crippen LogP contribution in [0.15, 0.2) is 29.2 Å². The number of hydrogen-bond acceptors (Lipinski definition) is 2. The molecule has 0 aromatic heterocycles. The monoisotopic (exact) mass is 167 g/mol. The summed E-state index contributed by atoms with van der Waals surface area (Å²) < 4.78 is 0. The Kier molecular flexibility index (Phi) is 2.97. The lowest BCUT2D eigenvalue weighted by atomic mass is 10.1. The smallest absolute Gasteiger partial charge is 0.0303 e. The van der Waals surface area contributed by atoms with Crippen LogP contribution in [0.1, 0.15) is 24.9 Å². The maximum Gasteiger partial charge on any atom is 0.0303 e. The molecule has 0 spiro atoms. The van der Waals surface area contributed by atoms with Crippen LogP contribution in [0.3, 0.4) is 0 Å². The SMILES string of the molecule is CC[C@@H](N)c1ccccc1S. The van der Waals surface area contributed by atoms with Gasteiger partial charge in [0.05, 0.1) is 0 Å². The molecule has 2 heteroatoms. The zero-order chi connectivity index (χ0) is 8.27. The summed E-state index contributed by atoms with van der Waals surface area (Å²) in [5.74, 6) is 0. The summed E-state index contributed by atoms with van der Waals surface area (Å²) in [6.07, 6.45) is 0.956. The summed E-state index contributed by atoms with van der Waals surface area (Å²) in [7, 11) is 0. The van der Waals surface area contributed by atoms with E-state index in [9.17, 15) is 0 Å². The third-order valence-corrected chi connectivity index (χ3v) is 2.18. The molecular weight excluding hydrogens is 154 g/mol. The number of rotatable bonds is 2. The predicted octanol–water partition coefficient (Wildman–Crippen LogP) is 2.39. The largest absolute Gasteiger partial charge is 0.324 e. The first-order valence-corrected chi connectivity index (χ1v) is 4.24. The van der Waals surface area contributed by atoms with Gasteiger partial charge in [-0.2, -0.15) is 0 Å². The van der Waals surface area contributed by atoms with Gasteiger partial charge >= 0.3 is 0 Å². The molecule has 1 aromatic rings. The Labute approximate surface area is 73.0 Å². The molecule has 0 aliphatic rings. The molecule has 11 heavy (non-hydrogen) atoms. The molecule has 0 radical (unpaired) electrons. The van der Waals surface area contributed by atoms with Crippen molar-refractivity contribution in [1.82, 2.24) is 0 Å². The molecular formula is C9H13NS. The molecule has 0 saturated carbocycles. The highest BCUT2D eigenvalue weighted by Crippen LogP contribution is 2.20. The van der Waals surface area contributed by atoms with Crippen LogP contribution in [0.2, 0.25) is 0 Å². The van der Waals surface area contributed by atoms with Crippen molar-refractivity contribution in [2.45, 2.75) is 24.3 Å². The van der Waals surface area contributed by atoms with E-state index in [1.165, 1.54) is 0 Å². The minimum atomic E-state index is 0.128. The van der Waals surface area contributed by atoms with E-state index in [0.717, 1.165) is 16.9 Å². The predicted molar refractivity (Wildman–Crippen MR) is 50.9 cm³/mol. The molecule has 0 aliphatic carbocycles. The summed E-state index contributed by atoms with van der Waals surface area (Å²) in [5, 5.41) is 0. The van der Waals surface area contributed by atoms with Crippen LogP contribution in [0.5, 0.6) is 0 Å². The van der Waals surface area contributed by atoms with Gasteiger partial charge in [0.2, 0.25) is 0 Å². The van der Waals surface area contributed by atoms with E-state index in [-0.39, 0.29) is 6.04 Å². The Bertz CT molecular complexity index is 235. The first-order valence-electron chi connectivity index (χ1n) is 3.79. The third kappa shape index (κ3) is 1.98. The Morgan fingerprint density at radius 2 is 2.09 bits per heavy atom. The van der Waals surface area contributed by atoms with E-state index in [1.54, 1.807) is 0 Å². The van der Waals surface area contributed by atoms with Gasteiger partial charge in [0.1, 0.15) is 0 Å². The molecule has 0 unspecified atom stereocenters. The molecule has 0 heterocycles. The van der Waals surface area contributed by atoms with Crippen LogP contribution in [0.4, 0.5) is 0 Å². The summed E-state index contributed by atoms with van der Waals surface area (Å²) in [6.45, 7) is 2.07. The molecule has 1 aromatic carbocycles. The molecule has 0 amide bonds. The van der Waals surface area contributed by atoms with Gasteiger partial charge < -0.3 is 5.73 Å². The molecule has 1 nitrogen and oxygen atoms in total. The summed E-state index contributed by atoms with van der Waals surface area (Å²) in [5.41, 5.74) is 6.98. The van der Waals surface area contributed by atoms with Crippen LogP contribution in [0, 0.1) is 0 Å². The van der Waals surface area contributed by atoms with Crippen LogP contribution >= 0.6 is 12.6 Å². The molecule has 0 aliphatic heterocycles. The highest BCUT2D eigenvalue weighted by molar-refractivity contribution is 7.80. The van der Waals surface area contributed by atoms with Gasteiger partial charge in [-0.05, 0) is 18.1 Å². The maximum absolute atomic E-state index is 5.85. The molecule has 2 N–H and O–H groups in total. The van der Waals surface area contributed by atoms with E-state index >= 15 is 0 Å². The molecule has 1 atom stereocenters. The van der Waals surface area contributed by atoms with Crippen molar-refractivity contribution in [3.8, 4) is 0 Å². The van der Waals surface area contributed by atoms with E-state index in [1.807, 2.05) is 24.3 Å². The van der Waals surface area contributed by atoms with Gasteiger partial charge in [0.15, 0.2) is 0 Å². The zero-order valence-corrected chi connectivity index (χ0v) is 7.51. The van der Waals surface area contributed by atoms with Gasteiger partial charge in [-0.3, -0.25) is 0 Å². The fourth-order valence-electron chi connectivity index (χ4n) is 1.02. The van der Waals surface area contributed by atoms with Crippen LogP contribution in [-0.2, 0) is 0 Å². The van der Waals surface area contributed by atoms with Crippen LogP contribution < -0.4 is 5.73 Å². The second kappa shape index (κ2) is 3.79. The van der Waals surface area contributed by atoms with Crippen molar-refractivity contribution in [2.75, 3.05) is 0 Å². The van der Waals surface area contributed by atoms with Crippen molar-refractivity contribution in [3.63, 3.8) is 0 Å². The number of hydrogen-bond donors (Lipinski definition) is 2. The Hall–Kier alpha value is -0.470. The first kappa shape index (κ1) is 8.62. The Morgan fingerprint density at radius 3 is 2.64 bits per heavy atom. The van der Waals surface area contributed by atoms with Gasteiger partial charge in [-0.25, -0.2) is 0 Å². The first-order chi connectivity index (χ1) is 5.25. The molecule has 0 bridgehead atoms. The highest BCUT2D eigenvalue weighted by Gasteiger charge is 2.04. The standard InChI is InChI=1S/C9H13NS/c1-2-8(10)7-5-3-4-6-9(7)11/h3-6,8,11H,2,10H2,1H3/t8-/m1/s1. The zero-order valence-electron chi connectivity index (χ0n) is 6.62. The fourth-order valence-corrected chi connectivity index (χ4v) is 1.35. The summed E-state index contributed by atoms with van der Waals surface area (Å²) >= 11 is 4.31. The van der Waals surface area contributed by atoms with Gasteiger partial charge in [-0.15, -0.1) is 12.6 Å². The highest BCUT2D eigenvalue weighted by atomic mass is 32.1. The van der Waals surface area contributed by atoms with Crippen molar-refractivity contribution in [2.24, 2.45) is 5.73 Å². The molecule has 60 valence electrons. The average Bonchev–Trinajstić information content (AvgIpc) is 2.04. The third-order valence-electron chi connectivity index (χ3n) is 1.78. The topological polar surface area (TPSA) is 26.0 Å². The lowest BCUT2D eigenvalue weighted by Gasteiger charge is -2.10. The van der Waals surface area contributed by atoms with Crippen LogP contribution in [0.25, 0.3) is 0 Å². The lowest BCUT2D eigenvalue weighted by Crippen LogP contribution is -2.08. The maximum atomic E-state index is 5.85. The van der Waals surface area contributed by atoms with Gasteiger partial charge in [-0.1, -0.05) is 25.1 Å². The van der Waals surface area contributed by atoms with E-state index in [2.05, 4.69) is 19.6 Å². The Balaban J connectivity index is 2.93. The minimum absolute atomic E-state index is 0.128. The minimum Gasteiger partial charge on any atom is -0.324 e. The van der Waals surface area contributed by atoms with Crippen LogP contribution in [-0.4, -0.2) is 0 Å². The van der Waals surface area contributed by atoms with Crippen molar-refractivity contribution >= 4 is 12.6 Å². The second-order valence-corrected chi connectivity index (χ2v) is 3.06. The van der Waals surface area contributed by atoms with E-state index in [0.29, 0.717) is 0 Å². The second-order valence-electron chi connectivity index (χ2n) is 2.57. The quantitative estimate of drug-likeness (QED) is 0.650. The van der Waals surface area contributed by atoms with E-state index < -0.39 is 0 Å². The van der Waals surface area contributed by atoms with Gasteiger partial charge in [0, 0.05) is 10.9 Å². The van der Waals surface area contributed by atoms with Crippen molar-refractivity contribution < 1.29 is 0 Å². The normalized spacial score (nSPS) is 13.0. The van der Waals surface area contributed by atoms with Crippen molar-refractivity contribution in [1.29, 1.82) is 0 Å². The van der Waals surface area contributed by atoms with Crippen molar-refractivity contribution in [3.05, 3.63) is 29.8 Å². The average molecular weight is 167 g/mol. The van der Waals surface area contributed by atoms with E-state index in [4.69, 9.17) is 5.73 Å². The van der Waals surface area contributed by atoms with Gasteiger partial charge in [0.25, 0.3) is 0 Å². The molecule has 1 rings (SSSR count). The fraction of sp³-hybridized carbons (Fsp3) is 0.333. The number of benzene rings is 1. The summed E-state index contributed by atoms with van der Waals surface area (Å²) in [4.78, 5) is 0.988.